The SMILES string of the molecule is CC(C)O[P+](O)(F)OC(C)C#N. The van der Waals surface area contributed by atoms with Crippen LogP contribution in [0.15, 0.2) is 0 Å². The van der Waals surface area contributed by atoms with Gasteiger partial charge in [-0.1, -0.05) is 0 Å². The van der Waals surface area contributed by atoms with Gasteiger partial charge in [-0.25, -0.2) is 0 Å². The number of hydrogen-bond donors (Lipinski definition) is 1. The van der Waals surface area contributed by atoms with Crippen molar-refractivity contribution in [1.82, 2.24) is 0 Å². The minimum atomic E-state index is -4.29. The molecular weight excluding hydrogens is 184 g/mol. The first kappa shape index (κ1) is 11.7. The van der Waals surface area contributed by atoms with Crippen LogP contribution in [0.4, 0.5) is 4.20 Å². The smallest absolute Gasteiger partial charge is 0.195 e. The Balaban J connectivity index is 3.96. The summed E-state index contributed by atoms with van der Waals surface area (Å²) in [4.78, 5) is 8.84. The summed E-state index contributed by atoms with van der Waals surface area (Å²) in [5, 5.41) is 8.24. The van der Waals surface area contributed by atoms with Gasteiger partial charge >= 0.3 is 8.25 Å². The van der Waals surface area contributed by atoms with E-state index in [0.717, 1.165) is 0 Å². The molecule has 0 saturated heterocycles. The lowest BCUT2D eigenvalue weighted by Crippen LogP contribution is -2.10. The number of nitriles is 1. The molecule has 0 rings (SSSR count). The Bertz CT molecular complexity index is 180. The lowest BCUT2D eigenvalue weighted by molar-refractivity contribution is 0.101. The van der Waals surface area contributed by atoms with Crippen molar-refractivity contribution in [2.24, 2.45) is 0 Å². The van der Waals surface area contributed by atoms with E-state index in [4.69, 9.17) is 10.2 Å². The summed E-state index contributed by atoms with van der Waals surface area (Å²) in [6.45, 7) is 4.45. The fourth-order valence-electron chi connectivity index (χ4n) is 0.503. The van der Waals surface area contributed by atoms with Crippen LogP contribution in [-0.2, 0) is 9.05 Å². The van der Waals surface area contributed by atoms with Gasteiger partial charge in [0.1, 0.15) is 6.10 Å². The Labute approximate surface area is 71.6 Å². The van der Waals surface area contributed by atoms with Gasteiger partial charge in [0.2, 0.25) is 0 Å². The van der Waals surface area contributed by atoms with Gasteiger partial charge in [-0.15, -0.1) is 9.05 Å². The van der Waals surface area contributed by atoms with Gasteiger partial charge in [0.05, 0.1) is 6.07 Å². The second-order valence-corrected chi connectivity index (χ2v) is 3.81. The first-order valence-electron chi connectivity index (χ1n) is 3.45. The lowest BCUT2D eigenvalue weighted by atomic mass is 10.5. The van der Waals surface area contributed by atoms with Crippen molar-refractivity contribution >= 4 is 8.25 Å². The molecule has 0 aromatic rings. The standard InChI is InChI=1S/C6H12FNO3P/c1-5(2)10-12(7,9)11-6(3)4-8/h5-6,9H,1-3H3/q+1. The average molecular weight is 196 g/mol. The summed E-state index contributed by atoms with van der Waals surface area (Å²) in [6.07, 6.45) is -1.48. The maximum atomic E-state index is 12.8. The highest BCUT2D eigenvalue weighted by Gasteiger charge is 2.46. The molecule has 1 N–H and O–H groups in total. The van der Waals surface area contributed by atoms with E-state index in [1.54, 1.807) is 19.9 Å². The molecule has 0 aromatic carbocycles. The van der Waals surface area contributed by atoms with Gasteiger partial charge in [0, 0.05) is 4.20 Å². The van der Waals surface area contributed by atoms with Gasteiger partial charge in [-0.3, -0.25) is 0 Å². The van der Waals surface area contributed by atoms with E-state index in [0.29, 0.717) is 0 Å². The van der Waals surface area contributed by atoms with E-state index < -0.39 is 20.5 Å². The van der Waals surface area contributed by atoms with Gasteiger partial charge in [0.15, 0.2) is 6.10 Å². The quantitative estimate of drug-likeness (QED) is 0.698. The van der Waals surface area contributed by atoms with Crippen molar-refractivity contribution in [2.75, 3.05) is 0 Å². The average Bonchev–Trinajstić information content (AvgIpc) is 1.83. The molecule has 2 unspecified atom stereocenters. The molecule has 0 aliphatic carbocycles. The van der Waals surface area contributed by atoms with Crippen LogP contribution in [0.3, 0.4) is 0 Å². The predicted octanol–water partition coefficient (Wildman–Crippen LogP) is 1.98. The molecule has 4 nitrogen and oxygen atoms in total. The molecule has 0 spiro atoms. The van der Waals surface area contributed by atoms with Crippen LogP contribution >= 0.6 is 8.25 Å². The van der Waals surface area contributed by atoms with Crippen LogP contribution in [0.1, 0.15) is 20.8 Å². The molecule has 0 saturated carbocycles. The Hall–Kier alpha value is -0.270. The minimum Gasteiger partial charge on any atom is -0.195 e. The summed E-state index contributed by atoms with van der Waals surface area (Å²) in [7, 11) is -4.29. The van der Waals surface area contributed by atoms with Crippen molar-refractivity contribution in [3.05, 3.63) is 0 Å². The number of hydrogen-bond acceptors (Lipinski definition) is 4. The molecule has 0 heterocycles. The monoisotopic (exact) mass is 196 g/mol. The zero-order valence-electron chi connectivity index (χ0n) is 7.19. The van der Waals surface area contributed by atoms with E-state index in [9.17, 15) is 4.20 Å². The highest BCUT2D eigenvalue weighted by molar-refractivity contribution is 7.55. The molecule has 0 aliphatic rings. The molecule has 6 heteroatoms. The molecular formula is C6H12FNO3P+. The van der Waals surface area contributed by atoms with Crippen LogP contribution < -0.4 is 0 Å². The van der Waals surface area contributed by atoms with Crippen LogP contribution in [-0.4, -0.2) is 17.1 Å². The Morgan fingerprint density at radius 1 is 1.42 bits per heavy atom. The third-order valence-corrected chi connectivity index (χ3v) is 2.07. The van der Waals surface area contributed by atoms with Crippen LogP contribution in [0.25, 0.3) is 0 Å². The summed E-state index contributed by atoms with van der Waals surface area (Å²) in [5.74, 6) is 0. The third kappa shape index (κ3) is 5.39. The van der Waals surface area contributed by atoms with Gasteiger partial charge in [-0.05, 0) is 20.8 Å². The first-order chi connectivity index (χ1) is 5.37. The fraction of sp³-hybridized carbons (Fsp3) is 0.833. The summed E-state index contributed by atoms with van der Waals surface area (Å²) in [5.41, 5.74) is 0. The van der Waals surface area contributed by atoms with E-state index in [-0.39, 0.29) is 0 Å². The summed E-state index contributed by atoms with van der Waals surface area (Å²) in [6, 6.07) is 1.62. The van der Waals surface area contributed by atoms with Crippen LogP contribution in [0.5, 0.6) is 0 Å². The van der Waals surface area contributed by atoms with E-state index in [1.165, 1.54) is 6.92 Å². The van der Waals surface area contributed by atoms with Crippen molar-refractivity contribution in [2.45, 2.75) is 33.0 Å². The molecule has 0 aromatic heterocycles. The van der Waals surface area contributed by atoms with Crippen molar-refractivity contribution in [1.29, 1.82) is 5.26 Å². The number of halogens is 1. The zero-order valence-corrected chi connectivity index (χ0v) is 8.09. The maximum absolute atomic E-state index is 12.8. The summed E-state index contributed by atoms with van der Waals surface area (Å²) >= 11 is 0. The van der Waals surface area contributed by atoms with E-state index in [2.05, 4.69) is 9.05 Å². The first-order valence-corrected chi connectivity index (χ1v) is 4.92. The minimum absolute atomic E-state index is 0.473. The second-order valence-electron chi connectivity index (χ2n) is 2.48. The van der Waals surface area contributed by atoms with Gasteiger partial charge < -0.3 is 0 Å². The maximum Gasteiger partial charge on any atom is 0.622 e. The second kappa shape index (κ2) is 4.68. The van der Waals surface area contributed by atoms with Crippen molar-refractivity contribution in [3.63, 3.8) is 0 Å². The molecule has 0 aliphatic heterocycles. The Kier molecular flexibility index (Phi) is 4.58. The van der Waals surface area contributed by atoms with Crippen molar-refractivity contribution < 1.29 is 18.1 Å². The molecule has 0 bridgehead atoms. The molecule has 0 amide bonds. The zero-order chi connectivity index (χ0) is 9.78. The molecule has 2 atom stereocenters. The number of nitrogens with zero attached hydrogens (tertiary/aromatic N) is 1. The molecule has 0 radical (unpaired) electrons. The molecule has 12 heavy (non-hydrogen) atoms. The summed E-state index contributed by atoms with van der Waals surface area (Å²) < 4.78 is 21.6. The Morgan fingerprint density at radius 2 is 1.92 bits per heavy atom. The van der Waals surface area contributed by atoms with E-state index in [1.807, 2.05) is 0 Å². The highest BCUT2D eigenvalue weighted by Crippen LogP contribution is 2.60. The lowest BCUT2D eigenvalue weighted by Gasteiger charge is -2.09. The fourth-order valence-corrected chi connectivity index (χ4v) is 1.51. The van der Waals surface area contributed by atoms with Crippen LogP contribution in [0, 0.1) is 11.3 Å². The highest BCUT2D eigenvalue weighted by atomic mass is 31.3. The predicted molar refractivity (Wildman–Crippen MR) is 42.6 cm³/mol. The van der Waals surface area contributed by atoms with E-state index >= 15 is 0 Å². The Morgan fingerprint density at radius 3 is 2.25 bits per heavy atom. The van der Waals surface area contributed by atoms with Gasteiger partial charge in [0.25, 0.3) is 0 Å². The molecule has 0 fully saturated rings. The largest absolute Gasteiger partial charge is 0.622 e. The van der Waals surface area contributed by atoms with Gasteiger partial charge in [-0.2, -0.15) is 10.2 Å². The number of rotatable bonds is 4. The normalized spacial score (nSPS) is 18.4. The third-order valence-electron chi connectivity index (χ3n) is 0.811. The molecule has 70 valence electrons. The topological polar surface area (TPSA) is 62.5 Å². The van der Waals surface area contributed by atoms with Crippen LogP contribution in [0.2, 0.25) is 0 Å². The van der Waals surface area contributed by atoms with Crippen molar-refractivity contribution in [3.8, 4) is 6.07 Å².